The topological polar surface area (TPSA) is 100 Å². The molecule has 0 bridgehead atoms. The average molecular weight is 370 g/mol. The molecule has 2 heterocycles. The molecule has 9 nitrogen and oxygen atoms in total. The van der Waals surface area contributed by atoms with E-state index in [4.69, 9.17) is 9.47 Å². The van der Waals surface area contributed by atoms with Crippen LogP contribution in [0, 0.1) is 0 Å². The molecule has 0 radical (unpaired) electrons. The number of nitrogens with one attached hydrogen (secondary N) is 2. The van der Waals surface area contributed by atoms with Crippen molar-refractivity contribution in [3.63, 3.8) is 0 Å². The fraction of sp³-hybridized carbons (Fsp3) is 0.533. The number of hydrogen-bond acceptors (Lipinski definition) is 6. The molecule has 0 saturated carbocycles. The molecule has 1 fully saturated rings. The van der Waals surface area contributed by atoms with Crippen molar-refractivity contribution >= 4 is 21.7 Å². The molecule has 0 aromatic heterocycles. The molecule has 2 aliphatic heterocycles. The largest absolute Gasteiger partial charge is 0.454 e. The first-order valence-corrected chi connectivity index (χ1v) is 9.88. The standard InChI is InChI=1S/C15H22N4O5S/c1-25(21,22)19-8-6-18(7-9-19)5-4-16-15(20)17-12-2-3-13-14(10-12)24-11-23-13/h2-3,10H,4-9,11H2,1H3,(H2,16,17,20). The average Bonchev–Trinajstić information content (AvgIpc) is 3.02. The van der Waals surface area contributed by atoms with E-state index in [1.54, 1.807) is 18.2 Å². The summed E-state index contributed by atoms with van der Waals surface area (Å²) < 4.78 is 34.9. The summed E-state index contributed by atoms with van der Waals surface area (Å²) in [5, 5.41) is 5.54. The number of sulfonamides is 1. The number of amides is 2. The molecule has 2 aliphatic rings. The lowest BCUT2D eigenvalue weighted by molar-refractivity contribution is 0.174. The zero-order valence-corrected chi connectivity index (χ0v) is 14.8. The number of benzene rings is 1. The predicted molar refractivity (Wildman–Crippen MR) is 92.4 cm³/mol. The van der Waals surface area contributed by atoms with Crippen LogP contribution in [0.25, 0.3) is 0 Å². The van der Waals surface area contributed by atoms with Gasteiger partial charge >= 0.3 is 6.03 Å². The van der Waals surface area contributed by atoms with Crippen LogP contribution in [0.5, 0.6) is 11.5 Å². The van der Waals surface area contributed by atoms with Crippen molar-refractivity contribution in [3.05, 3.63) is 18.2 Å². The van der Waals surface area contributed by atoms with Crippen molar-refractivity contribution in [2.45, 2.75) is 0 Å². The van der Waals surface area contributed by atoms with Gasteiger partial charge in [-0.1, -0.05) is 0 Å². The molecule has 0 atom stereocenters. The third kappa shape index (κ3) is 4.74. The second kappa shape index (κ2) is 7.46. The van der Waals surface area contributed by atoms with Crippen molar-refractivity contribution in [1.29, 1.82) is 0 Å². The first-order chi connectivity index (χ1) is 11.9. The van der Waals surface area contributed by atoms with Crippen LogP contribution in [0.2, 0.25) is 0 Å². The van der Waals surface area contributed by atoms with E-state index in [2.05, 4.69) is 15.5 Å². The van der Waals surface area contributed by atoms with Crippen LogP contribution in [0.4, 0.5) is 10.5 Å². The minimum Gasteiger partial charge on any atom is -0.454 e. The molecular formula is C15H22N4O5S. The van der Waals surface area contributed by atoms with E-state index in [0.29, 0.717) is 56.5 Å². The first kappa shape index (κ1) is 17.8. The molecule has 0 spiro atoms. The highest BCUT2D eigenvalue weighted by Crippen LogP contribution is 2.34. The molecule has 1 aromatic rings. The number of carbonyl (C=O) groups is 1. The number of rotatable bonds is 5. The van der Waals surface area contributed by atoms with Crippen LogP contribution < -0.4 is 20.1 Å². The summed E-state index contributed by atoms with van der Waals surface area (Å²) in [6, 6.07) is 4.91. The SMILES string of the molecule is CS(=O)(=O)N1CCN(CCNC(=O)Nc2ccc3c(c2)OCO3)CC1. The number of piperazine rings is 1. The zero-order valence-electron chi connectivity index (χ0n) is 14.0. The fourth-order valence-corrected chi connectivity index (χ4v) is 3.59. The maximum Gasteiger partial charge on any atom is 0.319 e. The Morgan fingerprint density at radius 3 is 2.60 bits per heavy atom. The Bertz CT molecular complexity index is 731. The number of hydrogen-bond donors (Lipinski definition) is 2. The lowest BCUT2D eigenvalue weighted by atomic mass is 10.3. The normalized spacial score (nSPS) is 18.1. The van der Waals surface area contributed by atoms with Gasteiger partial charge in [0.15, 0.2) is 11.5 Å². The summed E-state index contributed by atoms with van der Waals surface area (Å²) in [6.07, 6.45) is 1.23. The Labute approximate surface area is 146 Å². The number of anilines is 1. The van der Waals surface area contributed by atoms with Gasteiger partial charge in [0.25, 0.3) is 0 Å². The van der Waals surface area contributed by atoms with E-state index < -0.39 is 10.0 Å². The van der Waals surface area contributed by atoms with E-state index in [0.717, 1.165) is 0 Å². The monoisotopic (exact) mass is 370 g/mol. The first-order valence-electron chi connectivity index (χ1n) is 8.04. The number of carbonyl (C=O) groups excluding carboxylic acids is 1. The van der Waals surface area contributed by atoms with Gasteiger partial charge < -0.3 is 20.1 Å². The summed E-state index contributed by atoms with van der Waals surface area (Å²) >= 11 is 0. The molecule has 2 amide bonds. The van der Waals surface area contributed by atoms with E-state index in [-0.39, 0.29) is 12.8 Å². The van der Waals surface area contributed by atoms with E-state index in [1.807, 2.05) is 0 Å². The minimum absolute atomic E-state index is 0.192. The van der Waals surface area contributed by atoms with Crippen molar-refractivity contribution in [3.8, 4) is 11.5 Å². The lowest BCUT2D eigenvalue weighted by Crippen LogP contribution is -2.50. The van der Waals surface area contributed by atoms with E-state index in [9.17, 15) is 13.2 Å². The Balaban J connectivity index is 1.37. The van der Waals surface area contributed by atoms with Crippen molar-refractivity contribution in [2.24, 2.45) is 0 Å². The maximum absolute atomic E-state index is 11.9. The lowest BCUT2D eigenvalue weighted by Gasteiger charge is -2.33. The van der Waals surface area contributed by atoms with Gasteiger partial charge in [-0.15, -0.1) is 0 Å². The van der Waals surface area contributed by atoms with Gasteiger partial charge in [-0.3, -0.25) is 4.90 Å². The molecule has 0 aliphatic carbocycles. The second-order valence-corrected chi connectivity index (χ2v) is 7.94. The van der Waals surface area contributed by atoms with Gasteiger partial charge in [-0.2, -0.15) is 4.31 Å². The minimum atomic E-state index is -3.11. The van der Waals surface area contributed by atoms with Crippen molar-refractivity contribution < 1.29 is 22.7 Å². The predicted octanol–water partition coefficient (Wildman–Crippen LogP) is 0.114. The number of nitrogens with zero attached hydrogens (tertiary/aromatic N) is 2. The summed E-state index contributed by atoms with van der Waals surface area (Å²) in [7, 11) is -3.11. The Morgan fingerprint density at radius 2 is 1.88 bits per heavy atom. The number of urea groups is 1. The summed E-state index contributed by atoms with van der Waals surface area (Å²) in [6.45, 7) is 3.65. The van der Waals surface area contributed by atoms with Crippen LogP contribution in [0.15, 0.2) is 18.2 Å². The Kier molecular flexibility index (Phi) is 5.30. The molecule has 10 heteroatoms. The molecule has 1 aromatic carbocycles. The molecule has 138 valence electrons. The summed E-state index contributed by atoms with van der Waals surface area (Å²) in [4.78, 5) is 14.1. The van der Waals surface area contributed by atoms with Crippen LogP contribution >= 0.6 is 0 Å². The number of fused-ring (bicyclic) bond motifs is 1. The fourth-order valence-electron chi connectivity index (χ4n) is 2.76. The Morgan fingerprint density at radius 1 is 1.16 bits per heavy atom. The van der Waals surface area contributed by atoms with Gasteiger partial charge in [0.05, 0.1) is 6.26 Å². The van der Waals surface area contributed by atoms with Gasteiger partial charge in [0.1, 0.15) is 0 Å². The summed E-state index contributed by atoms with van der Waals surface area (Å²) in [5.74, 6) is 1.28. The van der Waals surface area contributed by atoms with Crippen LogP contribution in [-0.2, 0) is 10.0 Å². The number of ether oxygens (including phenoxy) is 2. The highest BCUT2D eigenvalue weighted by molar-refractivity contribution is 7.88. The molecule has 25 heavy (non-hydrogen) atoms. The quantitative estimate of drug-likeness (QED) is 0.763. The van der Waals surface area contributed by atoms with Gasteiger partial charge in [-0.25, -0.2) is 13.2 Å². The maximum atomic E-state index is 11.9. The zero-order chi connectivity index (χ0) is 17.9. The smallest absolute Gasteiger partial charge is 0.319 e. The van der Waals surface area contributed by atoms with E-state index in [1.165, 1.54) is 10.6 Å². The Hall–Kier alpha value is -2.04. The van der Waals surface area contributed by atoms with Crippen LogP contribution in [0.3, 0.4) is 0 Å². The second-order valence-electron chi connectivity index (χ2n) is 5.95. The molecule has 0 unspecified atom stereocenters. The highest BCUT2D eigenvalue weighted by atomic mass is 32.2. The molecule has 2 N–H and O–H groups in total. The van der Waals surface area contributed by atoms with Crippen molar-refractivity contribution in [1.82, 2.24) is 14.5 Å². The van der Waals surface area contributed by atoms with Gasteiger partial charge in [-0.05, 0) is 12.1 Å². The summed E-state index contributed by atoms with van der Waals surface area (Å²) in [5.41, 5.74) is 0.628. The van der Waals surface area contributed by atoms with E-state index >= 15 is 0 Å². The van der Waals surface area contributed by atoms with Crippen LogP contribution in [-0.4, -0.2) is 76.0 Å². The third-order valence-electron chi connectivity index (χ3n) is 4.14. The van der Waals surface area contributed by atoms with Crippen molar-refractivity contribution in [2.75, 3.05) is 57.6 Å². The molecule has 1 saturated heterocycles. The highest BCUT2D eigenvalue weighted by Gasteiger charge is 2.23. The molecular weight excluding hydrogens is 348 g/mol. The third-order valence-corrected chi connectivity index (χ3v) is 5.45. The van der Waals surface area contributed by atoms with Crippen LogP contribution in [0.1, 0.15) is 0 Å². The van der Waals surface area contributed by atoms with Gasteiger partial charge in [0.2, 0.25) is 16.8 Å². The molecule has 3 rings (SSSR count). The van der Waals surface area contributed by atoms with Gasteiger partial charge in [0, 0.05) is 51.0 Å².